The lowest BCUT2D eigenvalue weighted by Crippen LogP contribution is -1.56. The smallest absolute Gasteiger partial charge is 0.105 e. The maximum absolute atomic E-state index is 4.81. The third-order valence-electron chi connectivity index (χ3n) is 0.216. The molecule has 0 amide bonds. The lowest BCUT2D eigenvalue weighted by atomic mass is 29.4. The van der Waals surface area contributed by atoms with Crippen molar-refractivity contribution in [2.75, 3.05) is 0 Å². The molecule has 10 heavy (non-hydrogen) atoms. The summed E-state index contributed by atoms with van der Waals surface area (Å²) in [5, 5.41) is 0. The van der Waals surface area contributed by atoms with Crippen molar-refractivity contribution in [1.82, 2.24) is 0 Å². The van der Waals surface area contributed by atoms with Crippen LogP contribution in [0.1, 0.15) is 0 Å². The minimum Gasteiger partial charge on any atom is -0.759 e. The molecule has 0 unspecified atom stereocenters. The second-order valence-corrected chi connectivity index (χ2v) is 28.2. The molecule has 0 aromatic carbocycles. The fraction of sp³-hybridized carbons (Fsp3) is 0. The van der Waals surface area contributed by atoms with Gasteiger partial charge in [0, 0.05) is 0 Å². The van der Waals surface area contributed by atoms with Crippen molar-refractivity contribution in [2.24, 2.45) is 0 Å². The fourth-order valence-corrected chi connectivity index (χ4v) is 19.8. The first-order chi connectivity index (χ1) is 4.21. The quantitative estimate of drug-likeness (QED) is 0.437. The molecule has 0 saturated carbocycles. The molecule has 0 nitrogen and oxygen atoms in total. The molecule has 0 aromatic heterocycles. The van der Waals surface area contributed by atoms with Crippen LogP contribution in [0.4, 0.5) is 0 Å². The van der Waals surface area contributed by atoms with E-state index < -0.39 is 7.29 Å². The first kappa shape index (κ1) is 13.4. The van der Waals surface area contributed by atoms with Crippen LogP contribution >= 0.6 is 28.1 Å². The van der Waals surface area contributed by atoms with Gasteiger partial charge in [-0.25, -0.2) is 7.29 Å². The van der Waals surface area contributed by atoms with E-state index in [9.17, 15) is 0 Å². The lowest BCUT2D eigenvalue weighted by Gasteiger charge is -2.42. The van der Waals surface area contributed by atoms with E-state index in [4.69, 9.17) is 72.6 Å². The molecule has 0 saturated heterocycles. The van der Waals surface area contributed by atoms with E-state index in [0.29, 0.717) is 0 Å². The van der Waals surface area contributed by atoms with Crippen molar-refractivity contribution in [2.45, 2.75) is 0 Å². The zero-order valence-corrected chi connectivity index (χ0v) is 12.5. The molecular weight excluding hydrogens is 318 g/mol. The van der Waals surface area contributed by atoms with Gasteiger partial charge in [-0.2, -0.15) is 0 Å². The predicted molar refractivity (Wildman–Crippen MR) is 73.2 cm³/mol. The highest BCUT2D eigenvalue weighted by Crippen LogP contribution is 2.72. The van der Waals surface area contributed by atoms with Crippen LogP contribution < -0.4 is 0 Å². The van der Waals surface area contributed by atoms with Crippen molar-refractivity contribution in [1.29, 1.82) is 0 Å². The molecule has 0 aliphatic heterocycles. The topological polar surface area (TPSA) is 0 Å². The van der Waals surface area contributed by atoms with Crippen molar-refractivity contribution in [3.05, 3.63) is 0 Å². The molecule has 0 atom stereocenters. The fourth-order valence-electron chi connectivity index (χ4n) is 0.0816. The minimum absolute atomic E-state index is 1.25. The van der Waals surface area contributed by atoms with Gasteiger partial charge in [0.2, 0.25) is 0 Å². The van der Waals surface area contributed by atoms with E-state index in [1.165, 1.54) is 20.8 Å². The molecule has 10 heteroatoms. The van der Waals surface area contributed by atoms with Gasteiger partial charge in [0.05, 0.1) is 0 Å². The van der Waals surface area contributed by atoms with E-state index in [0.717, 1.165) is 0 Å². The SMILES string of the molecule is S=P([S-])([S-])SSP(=S)([S-])[S-]. The lowest BCUT2D eigenvalue weighted by molar-refractivity contribution is 5.12. The summed E-state index contributed by atoms with van der Waals surface area (Å²) in [6.45, 7) is 0. The highest BCUT2D eigenvalue weighted by Gasteiger charge is 1.85. The molecule has 0 radical (unpaired) electrons. The average molecular weight is 318 g/mol. The summed E-state index contributed by atoms with van der Waals surface area (Å²) in [5.41, 5.74) is 0. The van der Waals surface area contributed by atoms with Gasteiger partial charge in [0.1, 0.15) is 0 Å². The van der Waals surface area contributed by atoms with Crippen LogP contribution in [0.2, 0.25) is 0 Å². The second-order valence-electron chi connectivity index (χ2n) is 1.04. The van der Waals surface area contributed by atoms with Gasteiger partial charge < -0.3 is 49.0 Å². The van der Waals surface area contributed by atoms with E-state index in [1.807, 2.05) is 0 Å². The minimum atomic E-state index is -2.05. The van der Waals surface area contributed by atoms with Crippen LogP contribution in [0, 0.1) is 0 Å². The Morgan fingerprint density at radius 3 is 1.10 bits per heavy atom. The van der Waals surface area contributed by atoms with Crippen LogP contribution in [0.15, 0.2) is 0 Å². The number of hydrogen-bond acceptors (Lipinski definition) is 8. The summed E-state index contributed by atoms with van der Waals surface area (Å²) in [6.07, 6.45) is 0. The molecule has 0 aromatic rings. The Hall–Kier alpha value is 3.40. The van der Waals surface area contributed by atoms with E-state index in [2.05, 4.69) is 0 Å². The second kappa shape index (κ2) is 5.32. The van der Waals surface area contributed by atoms with Gasteiger partial charge in [-0.3, -0.25) is 0 Å². The molecule has 0 N–H and O–H groups in total. The van der Waals surface area contributed by atoms with Crippen LogP contribution in [-0.4, -0.2) is 0 Å². The molecule has 0 rings (SSSR count). The summed E-state index contributed by atoms with van der Waals surface area (Å²) in [5.74, 6) is 0. The Morgan fingerprint density at radius 2 is 1.00 bits per heavy atom. The van der Waals surface area contributed by atoms with Gasteiger partial charge >= 0.3 is 0 Å². The summed E-state index contributed by atoms with van der Waals surface area (Å²) in [7, 11) is 2.50. The Bertz CT molecular complexity index is 157. The summed E-state index contributed by atoms with van der Waals surface area (Å²) >= 11 is 28.9. The van der Waals surface area contributed by atoms with E-state index >= 15 is 0 Å². The van der Waals surface area contributed by atoms with Gasteiger partial charge in [-0.05, 0) is 0 Å². The summed E-state index contributed by atoms with van der Waals surface area (Å²) < 4.78 is -4.11. The van der Waals surface area contributed by atoms with Gasteiger partial charge in [0.15, 0.2) is 0 Å². The molecule has 0 aliphatic rings. The number of hydrogen-bond donors (Lipinski definition) is 0. The zero-order valence-electron chi connectivity index (χ0n) is 4.16. The third kappa shape index (κ3) is 11.4. The molecule has 0 fully saturated rings. The van der Waals surface area contributed by atoms with Gasteiger partial charge in [-0.15, -0.1) is 44.4 Å². The number of rotatable bonds is 3. The van der Waals surface area contributed by atoms with Crippen LogP contribution in [-0.2, 0) is 72.6 Å². The molecule has 0 heterocycles. The highest BCUT2D eigenvalue weighted by atomic mass is 33.8. The predicted octanol–water partition coefficient (Wildman–Crippen LogP) is 3.00. The van der Waals surface area contributed by atoms with Crippen LogP contribution in [0.25, 0.3) is 0 Å². The van der Waals surface area contributed by atoms with Crippen molar-refractivity contribution < 1.29 is 0 Å². The summed E-state index contributed by atoms with van der Waals surface area (Å²) in [6, 6.07) is 0. The maximum atomic E-state index is 4.81. The monoisotopic (exact) mass is 318 g/mol. The van der Waals surface area contributed by atoms with Crippen molar-refractivity contribution >= 4 is 101 Å². The van der Waals surface area contributed by atoms with Crippen molar-refractivity contribution in [3.63, 3.8) is 0 Å². The Labute approximate surface area is 99.4 Å². The van der Waals surface area contributed by atoms with E-state index in [-0.39, 0.29) is 0 Å². The Balaban J connectivity index is 3.79. The maximum Gasteiger partial charge on any atom is -0.105 e. The molecular formula is P2S8-4. The molecule has 62 valence electrons. The Kier molecular flexibility index (Phi) is 7.13. The normalized spacial score (nSPS) is 13.6. The van der Waals surface area contributed by atoms with Gasteiger partial charge in [0.25, 0.3) is 0 Å². The van der Waals surface area contributed by atoms with Gasteiger partial charge in [-0.1, -0.05) is 0 Å². The third-order valence-corrected chi connectivity index (χ3v) is 17.5. The standard InChI is InChI=1S/H4P2S8/c3-1(4,5)9-10-2(6,7)8/h(H2,3,4,5)(H2,6,7,8)/p-4. The first-order valence-electron chi connectivity index (χ1n) is 1.63. The first-order valence-corrected chi connectivity index (χ1v) is 14.6. The van der Waals surface area contributed by atoms with Crippen LogP contribution in [0.3, 0.4) is 0 Å². The van der Waals surface area contributed by atoms with E-state index in [1.54, 1.807) is 0 Å². The molecule has 0 spiro atoms. The highest BCUT2D eigenvalue weighted by molar-refractivity contribution is 9.40. The zero-order chi connectivity index (χ0) is 8.41. The molecule has 0 bridgehead atoms. The Morgan fingerprint density at radius 1 is 0.800 bits per heavy atom. The average Bonchev–Trinajstić information content (AvgIpc) is 1.57. The summed E-state index contributed by atoms with van der Waals surface area (Å²) in [4.78, 5) is 0. The van der Waals surface area contributed by atoms with Crippen LogP contribution in [0.5, 0.6) is 0 Å². The van der Waals surface area contributed by atoms with Crippen molar-refractivity contribution in [3.8, 4) is 0 Å². The molecule has 0 aliphatic carbocycles. The largest absolute Gasteiger partial charge is 0.759 e.